The third-order valence-electron chi connectivity index (χ3n) is 8.40. The molecule has 2 aliphatic heterocycles. The Morgan fingerprint density at radius 2 is 1.72 bits per heavy atom. The number of nitrogens with zero attached hydrogens (tertiary/aromatic N) is 1. The Balaban J connectivity index is 1.38. The second-order valence-corrected chi connectivity index (χ2v) is 11.3. The van der Waals surface area contributed by atoms with E-state index in [0.29, 0.717) is 30.5 Å². The van der Waals surface area contributed by atoms with Crippen LogP contribution in [0.25, 0.3) is 0 Å². The summed E-state index contributed by atoms with van der Waals surface area (Å²) in [4.78, 5) is 15.9. The lowest BCUT2D eigenvalue weighted by Crippen LogP contribution is -2.33. The van der Waals surface area contributed by atoms with Crippen LogP contribution in [0.5, 0.6) is 23.0 Å². The van der Waals surface area contributed by atoms with Gasteiger partial charge in [-0.15, -0.1) is 0 Å². The molecule has 0 bridgehead atoms. The van der Waals surface area contributed by atoms with Gasteiger partial charge in [-0.05, 0) is 78.6 Å². The summed E-state index contributed by atoms with van der Waals surface area (Å²) in [6.45, 7) is 8.86. The van der Waals surface area contributed by atoms with Crippen molar-refractivity contribution in [1.82, 2.24) is 4.90 Å². The molecule has 0 aromatic heterocycles. The van der Waals surface area contributed by atoms with Gasteiger partial charge in [-0.3, -0.25) is 9.69 Å². The molecule has 5 rings (SSSR count). The first kappa shape index (κ1) is 30.7. The van der Waals surface area contributed by atoms with E-state index in [0.717, 1.165) is 54.8 Å². The van der Waals surface area contributed by atoms with Crippen molar-refractivity contribution in [2.24, 2.45) is 0 Å². The molecule has 1 amide bonds. The molecule has 230 valence electrons. The minimum absolute atomic E-state index is 0.000247. The van der Waals surface area contributed by atoms with Gasteiger partial charge in [-0.1, -0.05) is 43.7 Å². The number of carbonyl (C=O) groups excluding carboxylic acids is 1. The Labute approximate surface area is 255 Å². The van der Waals surface area contributed by atoms with Gasteiger partial charge >= 0.3 is 0 Å². The number of hydrogen-bond donors (Lipinski definition) is 1. The summed E-state index contributed by atoms with van der Waals surface area (Å²) in [7, 11) is 3.34. The molecule has 3 aromatic carbocycles. The van der Waals surface area contributed by atoms with Crippen molar-refractivity contribution in [1.29, 1.82) is 0 Å². The fourth-order valence-corrected chi connectivity index (χ4v) is 6.26. The van der Waals surface area contributed by atoms with Gasteiger partial charge in [0.1, 0.15) is 5.75 Å². The molecule has 43 heavy (non-hydrogen) atoms. The standard InChI is InChI=1S/C35H44N2O6/c1-6-24-15-23(3)16-25(7-2)34(24)36-33(38)21-37-20-28(27-18-31(40-5)35-32(19-27)42-22-43-35)17-30(37)26-9-11-29(12-10-26)41-14-8-13-39-4/h9-12,15-16,18-19,28,30H,6-8,13-14,17,20-22H2,1-5H3,(H,36,38)/t28-,30?/m1/s1. The minimum atomic E-state index is 0.000247. The van der Waals surface area contributed by atoms with E-state index >= 15 is 0 Å². The molecule has 0 saturated carbocycles. The van der Waals surface area contributed by atoms with Crippen LogP contribution >= 0.6 is 0 Å². The van der Waals surface area contributed by atoms with Crippen LogP contribution < -0.4 is 24.3 Å². The molecule has 2 aliphatic rings. The van der Waals surface area contributed by atoms with Crippen molar-refractivity contribution in [3.63, 3.8) is 0 Å². The van der Waals surface area contributed by atoms with Crippen molar-refractivity contribution in [3.05, 3.63) is 76.3 Å². The van der Waals surface area contributed by atoms with E-state index in [4.69, 9.17) is 23.7 Å². The lowest BCUT2D eigenvalue weighted by Gasteiger charge is -2.25. The van der Waals surface area contributed by atoms with Crippen molar-refractivity contribution < 1.29 is 28.5 Å². The highest BCUT2D eigenvalue weighted by Gasteiger charge is 2.36. The van der Waals surface area contributed by atoms with Crippen molar-refractivity contribution >= 4 is 11.6 Å². The zero-order valence-electron chi connectivity index (χ0n) is 26.0. The molecule has 1 fully saturated rings. The molecule has 3 aromatic rings. The van der Waals surface area contributed by atoms with Gasteiger partial charge in [0.15, 0.2) is 11.5 Å². The second kappa shape index (κ2) is 14.1. The summed E-state index contributed by atoms with van der Waals surface area (Å²) in [5.74, 6) is 3.04. The summed E-state index contributed by atoms with van der Waals surface area (Å²) >= 11 is 0. The molecule has 2 atom stereocenters. The van der Waals surface area contributed by atoms with Gasteiger partial charge in [0.2, 0.25) is 18.4 Å². The topological polar surface area (TPSA) is 78.5 Å². The summed E-state index contributed by atoms with van der Waals surface area (Å²) in [5.41, 5.74) is 6.81. The molecule has 0 spiro atoms. The molecule has 8 heteroatoms. The zero-order chi connectivity index (χ0) is 30.3. The second-order valence-electron chi connectivity index (χ2n) is 11.3. The quantitative estimate of drug-likeness (QED) is 0.230. The number of carbonyl (C=O) groups is 1. The minimum Gasteiger partial charge on any atom is -0.494 e. The number of aryl methyl sites for hydroxylation is 3. The van der Waals surface area contributed by atoms with Crippen LogP contribution in [0.4, 0.5) is 5.69 Å². The predicted octanol–water partition coefficient (Wildman–Crippen LogP) is 6.44. The molecule has 0 aliphatic carbocycles. The van der Waals surface area contributed by atoms with Crippen LogP contribution in [0.3, 0.4) is 0 Å². The number of amides is 1. The number of likely N-dealkylation sites (tertiary alicyclic amines) is 1. The van der Waals surface area contributed by atoms with E-state index < -0.39 is 0 Å². The maximum atomic E-state index is 13.6. The maximum absolute atomic E-state index is 13.6. The van der Waals surface area contributed by atoms with Gasteiger partial charge in [-0.2, -0.15) is 0 Å². The highest BCUT2D eigenvalue weighted by Crippen LogP contribution is 2.47. The van der Waals surface area contributed by atoms with Gasteiger partial charge in [0, 0.05) is 38.4 Å². The maximum Gasteiger partial charge on any atom is 0.238 e. The average Bonchev–Trinajstić information content (AvgIpc) is 3.67. The van der Waals surface area contributed by atoms with Gasteiger partial charge in [0.25, 0.3) is 0 Å². The van der Waals surface area contributed by atoms with Gasteiger partial charge in [0.05, 0.1) is 20.3 Å². The SMILES string of the molecule is CCc1cc(C)cc(CC)c1NC(=O)CN1C[C@H](c2cc(OC)c3c(c2)OCO3)CC1c1ccc(OCCCOC)cc1. The van der Waals surface area contributed by atoms with Crippen LogP contribution in [0.2, 0.25) is 0 Å². The van der Waals surface area contributed by atoms with E-state index in [1.54, 1.807) is 14.2 Å². The number of methoxy groups -OCH3 is 2. The first-order valence-electron chi connectivity index (χ1n) is 15.3. The summed E-state index contributed by atoms with van der Waals surface area (Å²) in [5, 5.41) is 3.29. The fourth-order valence-electron chi connectivity index (χ4n) is 6.26. The van der Waals surface area contributed by atoms with Crippen LogP contribution in [-0.2, 0) is 22.4 Å². The summed E-state index contributed by atoms with van der Waals surface area (Å²) < 4.78 is 28.0. The van der Waals surface area contributed by atoms with Crippen LogP contribution in [-0.4, -0.2) is 58.1 Å². The smallest absolute Gasteiger partial charge is 0.238 e. The van der Waals surface area contributed by atoms with Crippen LogP contribution in [0.1, 0.15) is 66.5 Å². The van der Waals surface area contributed by atoms with E-state index in [-0.39, 0.29) is 31.2 Å². The van der Waals surface area contributed by atoms with Gasteiger partial charge in [-0.25, -0.2) is 0 Å². The molecule has 8 nitrogen and oxygen atoms in total. The molecule has 1 unspecified atom stereocenters. The van der Waals surface area contributed by atoms with Crippen molar-refractivity contribution in [2.75, 3.05) is 52.6 Å². The number of anilines is 1. The number of rotatable bonds is 13. The monoisotopic (exact) mass is 588 g/mol. The number of ether oxygens (including phenoxy) is 5. The van der Waals surface area contributed by atoms with E-state index in [2.05, 4.69) is 61.3 Å². The highest BCUT2D eigenvalue weighted by atomic mass is 16.7. The van der Waals surface area contributed by atoms with Crippen molar-refractivity contribution in [2.45, 2.75) is 58.4 Å². The van der Waals surface area contributed by atoms with E-state index in [9.17, 15) is 4.79 Å². The Morgan fingerprint density at radius 3 is 2.40 bits per heavy atom. The fraction of sp³-hybridized carbons (Fsp3) is 0.457. The molecule has 0 radical (unpaired) electrons. The lowest BCUT2D eigenvalue weighted by molar-refractivity contribution is -0.117. The number of hydrogen-bond acceptors (Lipinski definition) is 7. The molecule has 1 N–H and O–H groups in total. The average molecular weight is 589 g/mol. The third kappa shape index (κ3) is 7.08. The first-order chi connectivity index (χ1) is 20.9. The first-order valence-corrected chi connectivity index (χ1v) is 15.3. The Morgan fingerprint density at radius 1 is 0.977 bits per heavy atom. The Hall–Kier alpha value is -3.75. The largest absolute Gasteiger partial charge is 0.494 e. The van der Waals surface area contributed by atoms with Crippen LogP contribution in [0.15, 0.2) is 48.5 Å². The molecular formula is C35H44N2O6. The number of nitrogens with one attached hydrogen (secondary N) is 1. The van der Waals surface area contributed by atoms with Gasteiger partial charge < -0.3 is 29.0 Å². The molecule has 2 heterocycles. The summed E-state index contributed by atoms with van der Waals surface area (Å²) in [6.07, 6.45) is 3.43. The third-order valence-corrected chi connectivity index (χ3v) is 8.40. The predicted molar refractivity (Wildman–Crippen MR) is 168 cm³/mol. The van der Waals surface area contributed by atoms with E-state index in [1.807, 2.05) is 18.2 Å². The normalized spacial score (nSPS) is 17.7. The Kier molecular flexibility index (Phi) is 10.1. The van der Waals surface area contributed by atoms with Crippen LogP contribution in [0, 0.1) is 6.92 Å². The number of benzene rings is 3. The summed E-state index contributed by atoms with van der Waals surface area (Å²) in [6, 6.07) is 16.8. The number of fused-ring (bicyclic) bond motifs is 1. The zero-order valence-corrected chi connectivity index (χ0v) is 26.0. The Bertz CT molecular complexity index is 1380. The highest BCUT2D eigenvalue weighted by molar-refractivity contribution is 5.94. The van der Waals surface area contributed by atoms with Crippen molar-refractivity contribution in [3.8, 4) is 23.0 Å². The lowest BCUT2D eigenvalue weighted by atomic mass is 9.93. The van der Waals surface area contributed by atoms with E-state index in [1.165, 1.54) is 16.7 Å². The molecule has 1 saturated heterocycles. The molecular weight excluding hydrogens is 544 g/mol.